The zero-order chi connectivity index (χ0) is 15.5. The summed E-state index contributed by atoms with van der Waals surface area (Å²) in [5.74, 6) is -0.779. The summed E-state index contributed by atoms with van der Waals surface area (Å²) in [5, 5.41) is 14.0. The Morgan fingerprint density at radius 1 is 1.25 bits per heavy atom. The van der Waals surface area contributed by atoms with Gasteiger partial charge in [-0.1, -0.05) is 0 Å². The minimum absolute atomic E-state index is 0.00534. The van der Waals surface area contributed by atoms with E-state index >= 15 is 0 Å². The summed E-state index contributed by atoms with van der Waals surface area (Å²) in [6.07, 6.45) is 2.71. The molecule has 0 saturated heterocycles. The van der Waals surface area contributed by atoms with Gasteiger partial charge in [0.15, 0.2) is 0 Å². The van der Waals surface area contributed by atoms with E-state index < -0.39 is 24.0 Å². The normalized spacial score (nSPS) is 13.2. The topological polar surface area (TPSA) is 105 Å². The van der Waals surface area contributed by atoms with Crippen molar-refractivity contribution in [2.24, 2.45) is 0 Å². The fraction of sp³-hybridized carbons (Fsp3) is 0.750. The molecular formula is C12H22N2O5S. The number of esters is 1. The number of carbonyl (C=O) groups excluding carboxylic acids is 2. The summed E-state index contributed by atoms with van der Waals surface area (Å²) in [6.45, 7) is 1.85. The first-order chi connectivity index (χ1) is 9.40. The molecule has 0 aromatic carbocycles. The van der Waals surface area contributed by atoms with Crippen LogP contribution in [0.25, 0.3) is 0 Å². The van der Waals surface area contributed by atoms with Crippen LogP contribution in [0.3, 0.4) is 0 Å². The maximum atomic E-state index is 11.6. The van der Waals surface area contributed by atoms with Crippen LogP contribution < -0.4 is 10.6 Å². The van der Waals surface area contributed by atoms with E-state index in [2.05, 4.69) is 15.4 Å². The molecule has 3 N–H and O–H groups in total. The molecule has 0 aromatic heterocycles. The number of aliphatic carboxylic acids is 1. The van der Waals surface area contributed by atoms with E-state index in [1.165, 1.54) is 7.11 Å². The average molecular weight is 306 g/mol. The van der Waals surface area contributed by atoms with Gasteiger partial charge in [-0.15, -0.1) is 0 Å². The van der Waals surface area contributed by atoms with E-state index in [1.807, 2.05) is 13.2 Å². The lowest BCUT2D eigenvalue weighted by Crippen LogP contribution is -2.48. The number of carbonyl (C=O) groups is 3. The second kappa shape index (κ2) is 10.4. The van der Waals surface area contributed by atoms with Crippen LogP contribution in [-0.2, 0) is 14.3 Å². The molecule has 0 aliphatic heterocycles. The van der Waals surface area contributed by atoms with Crippen LogP contribution in [0.15, 0.2) is 0 Å². The Morgan fingerprint density at radius 3 is 2.40 bits per heavy atom. The van der Waals surface area contributed by atoms with E-state index in [4.69, 9.17) is 5.11 Å². The fourth-order valence-corrected chi connectivity index (χ4v) is 2.00. The zero-order valence-corrected chi connectivity index (χ0v) is 12.8. The smallest absolute Gasteiger partial charge is 0.326 e. The van der Waals surface area contributed by atoms with Gasteiger partial charge in [0, 0.05) is 12.5 Å². The largest absolute Gasteiger partial charge is 0.480 e. The third kappa shape index (κ3) is 8.63. The van der Waals surface area contributed by atoms with Crippen molar-refractivity contribution in [2.75, 3.05) is 19.1 Å². The lowest BCUT2D eigenvalue weighted by atomic mass is 10.1. The number of rotatable bonds is 9. The average Bonchev–Trinajstić information content (AvgIpc) is 2.40. The lowest BCUT2D eigenvalue weighted by Gasteiger charge is -2.18. The Hall–Kier alpha value is -1.44. The van der Waals surface area contributed by atoms with E-state index in [0.29, 0.717) is 0 Å². The molecule has 0 rings (SSSR count). The summed E-state index contributed by atoms with van der Waals surface area (Å²) in [6, 6.07) is -1.70. The number of ether oxygens (including phenoxy) is 1. The first-order valence-electron chi connectivity index (χ1n) is 6.26. The van der Waals surface area contributed by atoms with Gasteiger partial charge < -0.3 is 20.5 Å². The van der Waals surface area contributed by atoms with Crippen molar-refractivity contribution in [1.29, 1.82) is 0 Å². The Kier molecular flexibility index (Phi) is 9.61. The molecule has 2 atom stereocenters. The SMILES string of the molecule is COC(=O)CC[C@H](NC(=O)NC(C)CCSC)C(=O)O. The quantitative estimate of drug-likeness (QED) is 0.545. The van der Waals surface area contributed by atoms with Gasteiger partial charge in [-0.3, -0.25) is 4.79 Å². The molecule has 0 radical (unpaired) electrons. The van der Waals surface area contributed by atoms with E-state index in [1.54, 1.807) is 11.8 Å². The molecule has 20 heavy (non-hydrogen) atoms. The number of carboxylic acids is 1. The molecule has 0 aliphatic rings. The van der Waals surface area contributed by atoms with Crippen LogP contribution >= 0.6 is 11.8 Å². The summed E-state index contributed by atoms with van der Waals surface area (Å²) in [5.41, 5.74) is 0. The third-order valence-corrected chi connectivity index (χ3v) is 3.24. The number of hydrogen-bond acceptors (Lipinski definition) is 5. The highest BCUT2D eigenvalue weighted by Crippen LogP contribution is 2.01. The van der Waals surface area contributed by atoms with Gasteiger partial charge in [0.1, 0.15) is 6.04 Å². The highest BCUT2D eigenvalue weighted by Gasteiger charge is 2.21. The molecule has 1 unspecified atom stereocenters. The monoisotopic (exact) mass is 306 g/mol. The van der Waals surface area contributed by atoms with Crippen molar-refractivity contribution in [3.8, 4) is 0 Å². The molecule has 0 aliphatic carbocycles. The number of hydrogen-bond donors (Lipinski definition) is 3. The number of methoxy groups -OCH3 is 1. The second-order valence-electron chi connectivity index (χ2n) is 4.31. The van der Waals surface area contributed by atoms with Crippen molar-refractivity contribution in [2.45, 2.75) is 38.3 Å². The lowest BCUT2D eigenvalue weighted by molar-refractivity contribution is -0.142. The number of nitrogens with one attached hydrogen (secondary N) is 2. The molecule has 0 fully saturated rings. The van der Waals surface area contributed by atoms with Crippen molar-refractivity contribution < 1.29 is 24.2 Å². The highest BCUT2D eigenvalue weighted by atomic mass is 32.2. The molecule has 7 nitrogen and oxygen atoms in total. The van der Waals surface area contributed by atoms with Gasteiger partial charge in [0.05, 0.1) is 7.11 Å². The first-order valence-corrected chi connectivity index (χ1v) is 7.65. The van der Waals surface area contributed by atoms with Crippen LogP contribution in [0, 0.1) is 0 Å². The summed E-state index contributed by atoms with van der Waals surface area (Å²) in [4.78, 5) is 33.6. The summed E-state index contributed by atoms with van der Waals surface area (Å²) < 4.78 is 4.43. The molecule has 0 heterocycles. The van der Waals surface area contributed by atoms with Crippen molar-refractivity contribution in [3.05, 3.63) is 0 Å². The van der Waals surface area contributed by atoms with Gasteiger partial charge >= 0.3 is 18.0 Å². The minimum Gasteiger partial charge on any atom is -0.480 e. The number of amides is 2. The van der Waals surface area contributed by atoms with Gasteiger partial charge in [0.25, 0.3) is 0 Å². The molecule has 0 saturated carbocycles. The minimum atomic E-state index is -1.18. The maximum Gasteiger partial charge on any atom is 0.326 e. The summed E-state index contributed by atoms with van der Waals surface area (Å²) in [7, 11) is 1.23. The number of thioether (sulfide) groups is 1. The van der Waals surface area contributed by atoms with Gasteiger partial charge in [0.2, 0.25) is 0 Å². The van der Waals surface area contributed by atoms with Gasteiger partial charge in [-0.25, -0.2) is 9.59 Å². The number of carboxylic acid groups (broad SMARTS) is 1. The Labute approximate surface area is 122 Å². The fourth-order valence-electron chi connectivity index (χ4n) is 1.41. The van der Waals surface area contributed by atoms with Crippen LogP contribution in [0.2, 0.25) is 0 Å². The molecule has 0 aromatic rings. The third-order valence-electron chi connectivity index (χ3n) is 2.60. The molecule has 0 spiro atoms. The molecule has 2 amide bonds. The second-order valence-corrected chi connectivity index (χ2v) is 5.29. The first kappa shape index (κ1) is 18.6. The predicted molar refractivity (Wildman–Crippen MR) is 76.8 cm³/mol. The Morgan fingerprint density at radius 2 is 1.90 bits per heavy atom. The Bertz CT molecular complexity index is 338. The van der Waals surface area contributed by atoms with Crippen molar-refractivity contribution >= 4 is 29.7 Å². The molecule has 0 bridgehead atoms. The number of urea groups is 1. The van der Waals surface area contributed by atoms with Crippen LogP contribution in [0.4, 0.5) is 4.79 Å². The van der Waals surface area contributed by atoms with Gasteiger partial charge in [-0.05, 0) is 31.8 Å². The van der Waals surface area contributed by atoms with E-state index in [9.17, 15) is 14.4 Å². The van der Waals surface area contributed by atoms with E-state index in [0.717, 1.165) is 12.2 Å². The van der Waals surface area contributed by atoms with Crippen molar-refractivity contribution in [1.82, 2.24) is 10.6 Å². The maximum absolute atomic E-state index is 11.6. The van der Waals surface area contributed by atoms with Crippen LogP contribution in [0.5, 0.6) is 0 Å². The van der Waals surface area contributed by atoms with Crippen LogP contribution in [0.1, 0.15) is 26.2 Å². The highest BCUT2D eigenvalue weighted by molar-refractivity contribution is 7.98. The molecular weight excluding hydrogens is 284 g/mol. The van der Waals surface area contributed by atoms with Crippen LogP contribution in [-0.4, -0.2) is 54.3 Å². The van der Waals surface area contributed by atoms with E-state index in [-0.39, 0.29) is 18.9 Å². The molecule has 8 heteroatoms. The van der Waals surface area contributed by atoms with Crippen molar-refractivity contribution in [3.63, 3.8) is 0 Å². The standard InChI is InChI=1S/C12H22N2O5S/c1-8(6-7-20-3)13-12(18)14-9(11(16)17)4-5-10(15)19-2/h8-9H,4-7H2,1-3H3,(H,16,17)(H2,13,14,18)/t8?,9-/m0/s1. The predicted octanol–water partition coefficient (Wildman–Crippen LogP) is 0.834. The van der Waals surface area contributed by atoms with Gasteiger partial charge in [-0.2, -0.15) is 11.8 Å². The molecule has 116 valence electrons. The zero-order valence-electron chi connectivity index (χ0n) is 12.0. The Balaban J connectivity index is 4.20. The summed E-state index contributed by atoms with van der Waals surface area (Å²) >= 11 is 1.67.